The lowest BCUT2D eigenvalue weighted by molar-refractivity contribution is -0.133. The van der Waals surface area contributed by atoms with E-state index in [0.717, 1.165) is 25.9 Å². The van der Waals surface area contributed by atoms with Crippen LogP contribution in [0.15, 0.2) is 52.7 Å². The number of rotatable bonds is 6. The smallest absolute Gasteiger partial charge is 0.270 e. The van der Waals surface area contributed by atoms with E-state index < -0.39 is 11.4 Å². The first kappa shape index (κ1) is 30.2. The van der Waals surface area contributed by atoms with Crippen molar-refractivity contribution in [1.29, 1.82) is 0 Å². The van der Waals surface area contributed by atoms with E-state index in [-0.39, 0.29) is 35.4 Å². The van der Waals surface area contributed by atoms with E-state index in [1.54, 1.807) is 43.0 Å². The first-order valence-corrected chi connectivity index (χ1v) is 13.8. The lowest BCUT2D eigenvalue weighted by Gasteiger charge is -2.41. The van der Waals surface area contributed by atoms with E-state index in [1.165, 1.54) is 20.2 Å². The third-order valence-corrected chi connectivity index (χ3v) is 7.50. The number of guanidine groups is 1. The normalized spacial score (nSPS) is 18.3. The molecule has 2 aliphatic rings. The summed E-state index contributed by atoms with van der Waals surface area (Å²) in [6, 6.07) is 7.96. The number of benzene rings is 2. The van der Waals surface area contributed by atoms with Gasteiger partial charge in [0.25, 0.3) is 5.91 Å². The van der Waals surface area contributed by atoms with Gasteiger partial charge >= 0.3 is 0 Å². The molecule has 0 saturated carbocycles. The number of amides is 1. The number of fused-ring (bicyclic) bond motifs is 1. The topological polar surface area (TPSA) is 78.8 Å². The molecule has 8 nitrogen and oxygen atoms in total. The fourth-order valence-electron chi connectivity index (χ4n) is 5.27. The minimum Gasteiger partial charge on any atom is -0.493 e. The second kappa shape index (κ2) is 12.0. The van der Waals surface area contributed by atoms with Crippen LogP contribution in [0.25, 0.3) is 0 Å². The first-order chi connectivity index (χ1) is 19.4. The number of hydrogen-bond donors (Lipinski definition) is 1. The molecule has 10 heteroatoms. The minimum atomic E-state index is -1.11. The van der Waals surface area contributed by atoms with Crippen molar-refractivity contribution in [1.82, 2.24) is 4.90 Å². The molecule has 0 spiro atoms. The van der Waals surface area contributed by atoms with Gasteiger partial charge in [-0.05, 0) is 96.4 Å². The van der Waals surface area contributed by atoms with Gasteiger partial charge in [-0.2, -0.15) is 0 Å². The summed E-state index contributed by atoms with van der Waals surface area (Å²) >= 11 is 0. The highest BCUT2D eigenvalue weighted by molar-refractivity contribution is 6.18. The minimum absolute atomic E-state index is 0.0519. The second-order valence-electron chi connectivity index (χ2n) is 11.3. The number of hydrogen-bond acceptors (Lipinski definition) is 5. The second-order valence-corrected chi connectivity index (χ2v) is 11.3. The van der Waals surface area contributed by atoms with Gasteiger partial charge < -0.3 is 24.6 Å². The van der Waals surface area contributed by atoms with Crippen molar-refractivity contribution in [2.24, 2.45) is 9.98 Å². The maximum Gasteiger partial charge on any atom is 0.270 e. The summed E-state index contributed by atoms with van der Waals surface area (Å²) in [5.74, 6) is -0.452. The Hall–Kier alpha value is -3.79. The summed E-state index contributed by atoms with van der Waals surface area (Å²) < 4.78 is 41.7. The third-order valence-electron chi connectivity index (χ3n) is 7.50. The molecule has 1 fully saturated rings. The van der Waals surface area contributed by atoms with Crippen LogP contribution in [0, 0.1) is 5.82 Å². The Kier molecular flexibility index (Phi) is 8.82. The molecule has 0 aliphatic carbocycles. The molecule has 41 heavy (non-hydrogen) atoms. The monoisotopic (exact) mass is 567 g/mol. The zero-order valence-electron chi connectivity index (χ0n) is 24.8. The fourth-order valence-corrected chi connectivity index (χ4v) is 5.27. The highest BCUT2D eigenvalue weighted by Gasteiger charge is 2.43. The number of anilines is 2. The molecular weight excluding hydrogens is 528 g/mol. The molecule has 1 N–H and O–H groups in total. The maximum absolute atomic E-state index is 15.1. The van der Waals surface area contributed by atoms with Crippen LogP contribution in [0.5, 0.6) is 11.5 Å². The number of halogens is 2. The van der Waals surface area contributed by atoms with Crippen molar-refractivity contribution in [3.63, 3.8) is 0 Å². The molecule has 1 amide bonds. The molecule has 2 heterocycles. The zero-order valence-corrected chi connectivity index (χ0v) is 24.8. The van der Waals surface area contributed by atoms with Crippen molar-refractivity contribution < 1.29 is 23.0 Å². The maximum atomic E-state index is 15.1. The number of carbonyl (C=O) groups excluding carboxylic acids is 1. The molecule has 4 rings (SSSR count). The summed E-state index contributed by atoms with van der Waals surface area (Å²) in [5.41, 5.74) is 0.627. The lowest BCUT2D eigenvalue weighted by Crippen LogP contribution is -2.54. The van der Waals surface area contributed by atoms with Crippen LogP contribution >= 0.6 is 0 Å². The van der Waals surface area contributed by atoms with Crippen molar-refractivity contribution in [3.05, 3.63) is 59.7 Å². The van der Waals surface area contributed by atoms with Crippen molar-refractivity contribution in [2.75, 3.05) is 44.5 Å². The van der Waals surface area contributed by atoms with E-state index in [0.29, 0.717) is 34.0 Å². The van der Waals surface area contributed by atoms with Gasteiger partial charge in [0, 0.05) is 24.3 Å². The van der Waals surface area contributed by atoms with Gasteiger partial charge in [0.1, 0.15) is 17.4 Å². The highest BCUT2D eigenvalue weighted by atomic mass is 19.1. The van der Waals surface area contributed by atoms with Gasteiger partial charge in [-0.25, -0.2) is 13.8 Å². The number of piperidine rings is 1. The number of likely N-dealkylation sites (tertiary alicyclic amines) is 1. The Morgan fingerprint density at radius 3 is 2.46 bits per heavy atom. The first-order valence-electron chi connectivity index (χ1n) is 13.8. The Morgan fingerprint density at radius 2 is 1.90 bits per heavy atom. The molecule has 2 aliphatic heterocycles. The van der Waals surface area contributed by atoms with Crippen LogP contribution in [0.1, 0.15) is 57.6 Å². The summed E-state index contributed by atoms with van der Waals surface area (Å²) in [5, 5.41) is 2.98. The lowest BCUT2D eigenvalue weighted by atomic mass is 9.89. The zero-order chi connectivity index (χ0) is 30.1. The molecule has 220 valence electrons. The quantitative estimate of drug-likeness (QED) is 0.346. The number of allylic oxidation sites excluding steroid dienone is 1. The van der Waals surface area contributed by atoms with Gasteiger partial charge in [-0.3, -0.25) is 9.79 Å². The molecule has 2 aromatic rings. The number of carbonyl (C=O) groups is 1. The predicted molar refractivity (Wildman–Crippen MR) is 160 cm³/mol. The summed E-state index contributed by atoms with van der Waals surface area (Å²) in [7, 11) is 5.04. The number of methoxy groups -OCH3 is 1. The molecule has 0 radical (unpaired) electrons. The van der Waals surface area contributed by atoms with Crippen LogP contribution in [-0.2, 0) is 4.79 Å². The van der Waals surface area contributed by atoms with Crippen LogP contribution in [0.2, 0.25) is 0 Å². The predicted octanol–water partition coefficient (Wildman–Crippen LogP) is 5.93. The Bertz CT molecular complexity index is 1390. The molecule has 0 aromatic heterocycles. The van der Waals surface area contributed by atoms with E-state index in [2.05, 4.69) is 33.8 Å². The van der Waals surface area contributed by atoms with Gasteiger partial charge in [-0.15, -0.1) is 0 Å². The van der Waals surface area contributed by atoms with Gasteiger partial charge in [0.05, 0.1) is 12.8 Å². The molecular formula is C31H39F2N5O3. The van der Waals surface area contributed by atoms with Gasteiger partial charge in [-0.1, -0.05) is 12.6 Å². The van der Waals surface area contributed by atoms with Crippen LogP contribution in [-0.4, -0.2) is 68.4 Å². The summed E-state index contributed by atoms with van der Waals surface area (Å²) in [6.07, 6.45) is 1.81. The highest BCUT2D eigenvalue weighted by Crippen LogP contribution is 2.46. The van der Waals surface area contributed by atoms with Gasteiger partial charge in [0.15, 0.2) is 17.1 Å². The number of ether oxygens (including phenoxy) is 2. The summed E-state index contributed by atoms with van der Waals surface area (Å²) in [6.45, 7) is 12.5. The molecule has 1 saturated heterocycles. The van der Waals surface area contributed by atoms with Crippen LogP contribution in [0.4, 0.5) is 20.2 Å². The summed E-state index contributed by atoms with van der Waals surface area (Å²) in [4.78, 5) is 25.6. The van der Waals surface area contributed by atoms with Gasteiger partial charge in [0.2, 0.25) is 5.96 Å². The third kappa shape index (κ3) is 6.27. The van der Waals surface area contributed by atoms with Crippen molar-refractivity contribution >= 4 is 29.0 Å². The largest absolute Gasteiger partial charge is 0.493 e. The Labute approximate surface area is 240 Å². The fraction of sp³-hybridized carbons (Fsp3) is 0.452. The molecule has 0 unspecified atom stereocenters. The molecule has 0 atom stereocenters. The number of nitrogens with one attached hydrogen (secondary N) is 1. The van der Waals surface area contributed by atoms with Crippen molar-refractivity contribution in [3.8, 4) is 11.5 Å². The molecule has 0 bridgehead atoms. The van der Waals surface area contributed by atoms with Crippen LogP contribution < -0.4 is 19.7 Å². The van der Waals surface area contributed by atoms with Crippen LogP contribution in [0.3, 0.4) is 0 Å². The van der Waals surface area contributed by atoms with E-state index in [9.17, 15) is 9.18 Å². The Balaban J connectivity index is 1.68. The van der Waals surface area contributed by atoms with Crippen molar-refractivity contribution in [2.45, 2.75) is 58.1 Å². The van der Waals surface area contributed by atoms with E-state index in [1.807, 2.05) is 13.8 Å². The number of nitrogens with zero attached hydrogens (tertiary/aromatic N) is 4. The van der Waals surface area contributed by atoms with E-state index in [4.69, 9.17) is 9.47 Å². The SMILES string of the molecule is C=C(F)/C(=N\C(=N/C)Nc1ccc(C2CCN(C)CC2)c(F)c1)c1cc(OC)c2c(c1)N(C(C)C)C(=O)C(C)(C)O2. The average molecular weight is 568 g/mol. The van der Waals surface area contributed by atoms with E-state index >= 15 is 4.39 Å². The molecule has 2 aromatic carbocycles. The average Bonchev–Trinajstić information content (AvgIpc) is 2.91. The Morgan fingerprint density at radius 1 is 1.22 bits per heavy atom. The standard InChI is InChI=1S/C31H39F2N5O3/c1-18(2)38-25-15-21(16-26(40-8)28(25)41-31(4,5)29(38)39)27(19(3)32)36-30(34-6)35-22-9-10-23(24(33)17-22)20-11-13-37(7)14-12-20/h9-10,15-18,20H,3,11-14H2,1-2,4-8H3,(H,34,35)/b36-27+. The number of aliphatic imine (C=N–C) groups is 2.